The number of hydrogen-bond acceptors (Lipinski definition) is 6. The Kier molecular flexibility index (Phi) is 8.43. The van der Waals surface area contributed by atoms with Crippen molar-refractivity contribution in [2.45, 2.75) is 13.0 Å². The molecule has 0 bridgehead atoms. The lowest BCUT2D eigenvalue weighted by Crippen LogP contribution is -2.46. The third kappa shape index (κ3) is 6.67. The first kappa shape index (κ1) is 26.2. The van der Waals surface area contributed by atoms with E-state index in [1.165, 1.54) is 30.4 Å². The summed E-state index contributed by atoms with van der Waals surface area (Å²) in [7, 11) is 1.21. The predicted octanol–water partition coefficient (Wildman–Crippen LogP) is 4.53. The SMILES string of the molecule is COC(=O)CC(=O)Nc1cc(C(=O)O)ccc1N1CCN(Cc2ccccc2-c2ccc(Cl)cc2)CC1. The fraction of sp³-hybridized carbons (Fsp3) is 0.250. The van der Waals surface area contributed by atoms with Crippen LogP contribution in [0.5, 0.6) is 0 Å². The Hall–Kier alpha value is -3.88. The fourth-order valence-corrected chi connectivity index (χ4v) is 4.53. The predicted molar refractivity (Wildman–Crippen MR) is 143 cm³/mol. The van der Waals surface area contributed by atoms with Crippen LogP contribution in [-0.4, -0.2) is 61.1 Å². The Morgan fingerprint density at radius 3 is 2.35 bits per heavy atom. The number of aromatic carboxylic acids is 1. The summed E-state index contributed by atoms with van der Waals surface area (Å²) in [5.74, 6) is -2.33. The van der Waals surface area contributed by atoms with Gasteiger partial charge in [-0.05, 0) is 47.0 Å². The molecule has 1 aliphatic heterocycles. The van der Waals surface area contributed by atoms with E-state index in [0.29, 0.717) is 29.5 Å². The van der Waals surface area contributed by atoms with E-state index in [9.17, 15) is 19.5 Å². The highest BCUT2D eigenvalue weighted by Gasteiger charge is 2.22. The normalized spacial score (nSPS) is 13.7. The standard InChI is InChI=1S/C28H28ClN3O5/c1-37-27(34)17-26(33)30-24-16-20(28(35)36)8-11-25(24)32-14-12-31(13-15-32)18-21-4-2-3-5-23(21)19-6-9-22(29)10-7-19/h2-11,16H,12-15,17-18H2,1H3,(H,30,33)(H,35,36). The maximum atomic E-state index is 12.3. The molecule has 4 rings (SSSR count). The Morgan fingerprint density at radius 1 is 0.973 bits per heavy atom. The number of benzene rings is 3. The topological polar surface area (TPSA) is 99.2 Å². The van der Waals surface area contributed by atoms with Gasteiger partial charge in [0.2, 0.25) is 5.91 Å². The Morgan fingerprint density at radius 2 is 1.68 bits per heavy atom. The second-order valence-electron chi connectivity index (χ2n) is 8.77. The van der Waals surface area contributed by atoms with Crippen molar-refractivity contribution in [2.24, 2.45) is 0 Å². The molecule has 0 radical (unpaired) electrons. The van der Waals surface area contributed by atoms with Crippen LogP contribution >= 0.6 is 11.6 Å². The number of amides is 1. The van der Waals surface area contributed by atoms with Gasteiger partial charge in [0.1, 0.15) is 6.42 Å². The molecule has 0 aromatic heterocycles. The average molecular weight is 522 g/mol. The van der Waals surface area contributed by atoms with E-state index in [1.54, 1.807) is 6.07 Å². The van der Waals surface area contributed by atoms with Gasteiger partial charge in [0.25, 0.3) is 0 Å². The molecule has 1 amide bonds. The number of anilines is 2. The van der Waals surface area contributed by atoms with Crippen molar-refractivity contribution in [2.75, 3.05) is 43.5 Å². The summed E-state index contributed by atoms with van der Waals surface area (Å²) in [4.78, 5) is 39.8. The van der Waals surface area contributed by atoms with Gasteiger partial charge in [-0.2, -0.15) is 0 Å². The zero-order valence-corrected chi connectivity index (χ0v) is 21.2. The number of carboxylic acids is 1. The summed E-state index contributed by atoms with van der Waals surface area (Å²) in [6, 6.07) is 20.8. The number of nitrogens with zero attached hydrogens (tertiary/aromatic N) is 2. The smallest absolute Gasteiger partial charge is 0.335 e. The van der Waals surface area contributed by atoms with Crippen LogP contribution in [0.15, 0.2) is 66.7 Å². The largest absolute Gasteiger partial charge is 0.478 e. The second-order valence-corrected chi connectivity index (χ2v) is 9.20. The molecular weight excluding hydrogens is 494 g/mol. The van der Waals surface area contributed by atoms with Crippen molar-refractivity contribution in [3.8, 4) is 11.1 Å². The van der Waals surface area contributed by atoms with Gasteiger partial charge < -0.3 is 20.1 Å². The molecule has 0 aliphatic carbocycles. The van der Waals surface area contributed by atoms with Gasteiger partial charge in [0, 0.05) is 37.7 Å². The Balaban J connectivity index is 1.46. The molecule has 1 aliphatic rings. The number of hydrogen-bond donors (Lipinski definition) is 2. The number of nitrogens with one attached hydrogen (secondary N) is 1. The molecule has 1 saturated heterocycles. The highest BCUT2D eigenvalue weighted by molar-refractivity contribution is 6.30. The van der Waals surface area contributed by atoms with E-state index in [0.717, 1.165) is 25.2 Å². The molecule has 0 saturated carbocycles. The van der Waals surface area contributed by atoms with Crippen LogP contribution in [0.4, 0.5) is 11.4 Å². The van der Waals surface area contributed by atoms with Crippen LogP contribution in [0.2, 0.25) is 5.02 Å². The summed E-state index contributed by atoms with van der Waals surface area (Å²) < 4.78 is 4.55. The summed E-state index contributed by atoms with van der Waals surface area (Å²) in [6.07, 6.45) is -0.450. The van der Waals surface area contributed by atoms with Crippen molar-refractivity contribution >= 4 is 40.8 Å². The lowest BCUT2D eigenvalue weighted by Gasteiger charge is -2.37. The summed E-state index contributed by atoms with van der Waals surface area (Å²) in [5, 5.41) is 12.8. The number of halogens is 1. The Labute approximate surface area is 220 Å². The lowest BCUT2D eigenvalue weighted by molar-refractivity contribution is -0.142. The number of piperazine rings is 1. The molecule has 37 heavy (non-hydrogen) atoms. The molecular formula is C28H28ClN3O5. The highest BCUT2D eigenvalue weighted by Crippen LogP contribution is 2.30. The van der Waals surface area contributed by atoms with Crippen molar-refractivity contribution in [3.05, 3.63) is 82.9 Å². The second kappa shape index (κ2) is 11.9. The van der Waals surface area contributed by atoms with Gasteiger partial charge in [-0.1, -0.05) is 48.0 Å². The summed E-state index contributed by atoms with van der Waals surface area (Å²) >= 11 is 6.06. The minimum atomic E-state index is -1.10. The van der Waals surface area contributed by atoms with Gasteiger partial charge in [0.15, 0.2) is 0 Å². The molecule has 3 aromatic carbocycles. The number of rotatable bonds is 8. The molecule has 2 N–H and O–H groups in total. The van der Waals surface area contributed by atoms with Crippen molar-refractivity contribution in [3.63, 3.8) is 0 Å². The highest BCUT2D eigenvalue weighted by atomic mass is 35.5. The number of carbonyl (C=O) groups is 3. The zero-order chi connectivity index (χ0) is 26.4. The fourth-order valence-electron chi connectivity index (χ4n) is 4.40. The van der Waals surface area contributed by atoms with Crippen molar-refractivity contribution in [1.29, 1.82) is 0 Å². The minimum Gasteiger partial charge on any atom is -0.478 e. The van der Waals surface area contributed by atoms with E-state index < -0.39 is 24.3 Å². The van der Waals surface area contributed by atoms with Crippen LogP contribution in [0.3, 0.4) is 0 Å². The third-order valence-electron chi connectivity index (χ3n) is 6.33. The molecule has 9 heteroatoms. The van der Waals surface area contributed by atoms with Gasteiger partial charge in [-0.25, -0.2) is 4.79 Å². The molecule has 8 nitrogen and oxygen atoms in total. The van der Waals surface area contributed by atoms with E-state index >= 15 is 0 Å². The molecule has 3 aromatic rings. The van der Waals surface area contributed by atoms with Gasteiger partial charge >= 0.3 is 11.9 Å². The average Bonchev–Trinajstić information content (AvgIpc) is 2.90. The van der Waals surface area contributed by atoms with Crippen LogP contribution in [0, 0.1) is 0 Å². The monoisotopic (exact) mass is 521 g/mol. The quantitative estimate of drug-likeness (QED) is 0.332. The molecule has 0 unspecified atom stereocenters. The number of carbonyl (C=O) groups excluding carboxylic acids is 2. The molecule has 0 spiro atoms. The maximum Gasteiger partial charge on any atom is 0.335 e. The first-order chi connectivity index (χ1) is 17.8. The molecule has 192 valence electrons. The minimum absolute atomic E-state index is 0.0505. The van der Waals surface area contributed by atoms with E-state index in [2.05, 4.69) is 32.0 Å². The van der Waals surface area contributed by atoms with Crippen molar-refractivity contribution in [1.82, 2.24) is 4.90 Å². The molecule has 1 fully saturated rings. The first-order valence-corrected chi connectivity index (χ1v) is 12.3. The Bertz CT molecular complexity index is 1290. The van der Waals surface area contributed by atoms with E-state index in [-0.39, 0.29) is 5.56 Å². The third-order valence-corrected chi connectivity index (χ3v) is 6.58. The van der Waals surface area contributed by atoms with Gasteiger partial charge in [-0.15, -0.1) is 0 Å². The number of carboxylic acid groups (broad SMARTS) is 1. The van der Waals surface area contributed by atoms with Crippen LogP contribution in [-0.2, 0) is 20.9 Å². The maximum absolute atomic E-state index is 12.3. The summed E-state index contributed by atoms with van der Waals surface area (Å²) in [6.45, 7) is 3.73. The number of ether oxygens (including phenoxy) is 1. The van der Waals surface area contributed by atoms with E-state index in [4.69, 9.17) is 11.6 Å². The summed E-state index contributed by atoms with van der Waals surface area (Å²) in [5.41, 5.74) is 4.63. The van der Waals surface area contributed by atoms with E-state index in [1.807, 2.05) is 36.4 Å². The van der Waals surface area contributed by atoms with Crippen molar-refractivity contribution < 1.29 is 24.2 Å². The molecule has 0 atom stereocenters. The van der Waals surface area contributed by atoms with Crippen LogP contribution < -0.4 is 10.2 Å². The number of methoxy groups -OCH3 is 1. The number of esters is 1. The van der Waals surface area contributed by atoms with Crippen LogP contribution in [0.1, 0.15) is 22.3 Å². The van der Waals surface area contributed by atoms with Crippen LogP contribution in [0.25, 0.3) is 11.1 Å². The first-order valence-electron chi connectivity index (χ1n) is 11.9. The molecule has 1 heterocycles. The van der Waals surface area contributed by atoms with Gasteiger partial charge in [0.05, 0.1) is 24.0 Å². The van der Waals surface area contributed by atoms with Gasteiger partial charge in [-0.3, -0.25) is 14.5 Å². The zero-order valence-electron chi connectivity index (χ0n) is 20.4. The lowest BCUT2D eigenvalue weighted by atomic mass is 9.99.